The van der Waals surface area contributed by atoms with Gasteiger partial charge in [-0.1, -0.05) is 0 Å². The van der Waals surface area contributed by atoms with Crippen LogP contribution in [0.4, 0.5) is 26.3 Å². The van der Waals surface area contributed by atoms with Gasteiger partial charge in [0.25, 0.3) is 0 Å². The Morgan fingerprint density at radius 2 is 1.54 bits per heavy atom. The van der Waals surface area contributed by atoms with Gasteiger partial charge in [0.2, 0.25) is 0 Å². The lowest BCUT2D eigenvalue weighted by Gasteiger charge is -2.37. The topological polar surface area (TPSA) is 167 Å². The first-order valence-electron chi connectivity index (χ1n) is 9.39. The summed E-state index contributed by atoms with van der Waals surface area (Å²) >= 11 is 0. The van der Waals surface area contributed by atoms with Crippen LogP contribution in [-0.2, 0) is 16.1 Å². The molecule has 1 saturated heterocycles. The lowest BCUT2D eigenvalue weighted by atomic mass is 9.98. The molecule has 196 valence electrons. The van der Waals surface area contributed by atoms with Crippen molar-refractivity contribution in [1.29, 1.82) is 0 Å². The molecule has 0 saturated carbocycles. The first kappa shape index (κ1) is 28.2. The minimum atomic E-state index is -5.08. The number of rotatable bonds is 4. The molecule has 1 unspecified atom stereocenters. The fourth-order valence-corrected chi connectivity index (χ4v) is 2.89. The third kappa shape index (κ3) is 7.01. The Balaban J connectivity index is 0.000000540. The Hall–Kier alpha value is -2.99. The highest BCUT2D eigenvalue weighted by molar-refractivity contribution is 5.73. The molecule has 1 aromatic heterocycles. The quantitative estimate of drug-likeness (QED) is 0.361. The number of carboxylic acids is 1. The van der Waals surface area contributed by atoms with Crippen molar-refractivity contribution in [3.05, 3.63) is 30.1 Å². The highest BCUT2D eigenvalue weighted by Gasteiger charge is 2.46. The molecule has 17 heteroatoms. The monoisotopic (exact) mass is 519 g/mol. The number of carbonyl (C=O) groups is 1. The maximum Gasteiger partial charge on any atom is 0.490 e. The summed E-state index contributed by atoms with van der Waals surface area (Å²) < 4.78 is 81.9. The average Bonchev–Trinajstić information content (AvgIpc) is 3.16. The molecule has 3 rings (SSSR count). The molecule has 0 aliphatic carbocycles. The fraction of sp³-hybridized carbons (Fsp3) is 0.500. The van der Waals surface area contributed by atoms with Crippen LogP contribution in [0, 0.1) is 0 Å². The van der Waals surface area contributed by atoms with Crippen molar-refractivity contribution in [3.63, 3.8) is 0 Å². The summed E-state index contributed by atoms with van der Waals surface area (Å²) in [7, 11) is 1.44. The molecular formula is C18H19F6N3O8. The van der Waals surface area contributed by atoms with Crippen molar-refractivity contribution >= 4 is 5.97 Å². The Kier molecular flexibility index (Phi) is 8.66. The fourth-order valence-electron chi connectivity index (χ4n) is 2.89. The maximum absolute atomic E-state index is 13.2. The largest absolute Gasteiger partial charge is 0.497 e. The van der Waals surface area contributed by atoms with E-state index < -0.39 is 61.4 Å². The predicted molar refractivity (Wildman–Crippen MR) is 99.6 cm³/mol. The van der Waals surface area contributed by atoms with Gasteiger partial charge < -0.3 is 35.0 Å². The van der Waals surface area contributed by atoms with Crippen LogP contribution in [0.1, 0.15) is 11.9 Å². The van der Waals surface area contributed by atoms with Gasteiger partial charge in [0.05, 0.1) is 7.11 Å². The van der Waals surface area contributed by atoms with E-state index in [2.05, 4.69) is 10.2 Å². The zero-order valence-corrected chi connectivity index (χ0v) is 17.5. The van der Waals surface area contributed by atoms with Crippen LogP contribution in [-0.4, -0.2) is 90.3 Å². The first-order valence-corrected chi connectivity index (χ1v) is 9.39. The second-order valence-corrected chi connectivity index (χ2v) is 7.03. The molecule has 0 amide bonds. The molecule has 5 N–H and O–H groups in total. The minimum absolute atomic E-state index is 0.166. The summed E-state index contributed by atoms with van der Waals surface area (Å²) in [6.45, 7) is -1.50. The van der Waals surface area contributed by atoms with E-state index in [1.807, 2.05) is 0 Å². The number of halogens is 6. The minimum Gasteiger partial charge on any atom is -0.497 e. The van der Waals surface area contributed by atoms with E-state index in [9.17, 15) is 46.8 Å². The molecular weight excluding hydrogens is 500 g/mol. The number of aromatic nitrogens is 3. The molecule has 1 aliphatic heterocycles. The number of aliphatic carboxylic acids is 1. The van der Waals surface area contributed by atoms with Gasteiger partial charge in [-0.15, -0.1) is 10.2 Å². The van der Waals surface area contributed by atoms with Crippen molar-refractivity contribution in [2.75, 3.05) is 7.11 Å². The Labute approximate surface area is 191 Å². The van der Waals surface area contributed by atoms with Crippen LogP contribution >= 0.6 is 0 Å². The number of aliphatic hydroxyl groups excluding tert-OH is 4. The molecule has 11 nitrogen and oxygen atoms in total. The summed E-state index contributed by atoms with van der Waals surface area (Å²) in [5, 5.41) is 53.7. The van der Waals surface area contributed by atoms with Gasteiger partial charge in [-0.05, 0) is 24.3 Å². The van der Waals surface area contributed by atoms with Crippen LogP contribution in [0.3, 0.4) is 0 Å². The second kappa shape index (κ2) is 10.7. The Morgan fingerprint density at radius 3 is 2.00 bits per heavy atom. The number of methoxy groups -OCH3 is 1. The van der Waals surface area contributed by atoms with Crippen molar-refractivity contribution in [1.82, 2.24) is 14.8 Å². The van der Waals surface area contributed by atoms with E-state index in [0.29, 0.717) is 10.3 Å². The third-order valence-electron chi connectivity index (χ3n) is 4.55. The van der Waals surface area contributed by atoms with E-state index in [1.165, 1.54) is 31.4 Å². The molecule has 5 atom stereocenters. The molecule has 2 heterocycles. The number of hydrogen-bond acceptors (Lipinski definition) is 9. The maximum atomic E-state index is 13.2. The molecule has 1 fully saturated rings. The number of benzene rings is 1. The second-order valence-electron chi connectivity index (χ2n) is 7.03. The van der Waals surface area contributed by atoms with E-state index >= 15 is 0 Å². The van der Waals surface area contributed by atoms with Crippen LogP contribution in [0.15, 0.2) is 24.3 Å². The molecule has 0 bridgehead atoms. The smallest absolute Gasteiger partial charge is 0.490 e. The number of hydrogen-bond donors (Lipinski definition) is 5. The van der Waals surface area contributed by atoms with Crippen molar-refractivity contribution in [3.8, 4) is 17.1 Å². The van der Waals surface area contributed by atoms with Gasteiger partial charge in [0, 0.05) is 5.56 Å². The zero-order chi connectivity index (χ0) is 26.7. The highest BCUT2D eigenvalue weighted by Crippen LogP contribution is 2.34. The molecule has 35 heavy (non-hydrogen) atoms. The van der Waals surface area contributed by atoms with E-state index in [1.54, 1.807) is 0 Å². The highest BCUT2D eigenvalue weighted by atomic mass is 19.4. The summed E-state index contributed by atoms with van der Waals surface area (Å²) in [6.07, 6.45) is -18.8. The molecule has 0 radical (unpaired) electrons. The summed E-state index contributed by atoms with van der Waals surface area (Å²) in [5.41, 5.74) is 0.287. The van der Waals surface area contributed by atoms with Crippen LogP contribution < -0.4 is 4.74 Å². The molecule has 1 aromatic carbocycles. The van der Waals surface area contributed by atoms with Crippen LogP contribution in [0.5, 0.6) is 5.75 Å². The summed E-state index contributed by atoms with van der Waals surface area (Å²) in [5.74, 6) is -2.90. The third-order valence-corrected chi connectivity index (χ3v) is 4.55. The van der Waals surface area contributed by atoms with Crippen LogP contribution in [0.25, 0.3) is 11.4 Å². The van der Waals surface area contributed by atoms with Gasteiger partial charge in [0.1, 0.15) is 36.7 Å². The molecule has 2 aromatic rings. The van der Waals surface area contributed by atoms with Crippen LogP contribution in [0.2, 0.25) is 0 Å². The van der Waals surface area contributed by atoms with Crippen molar-refractivity contribution in [2.24, 2.45) is 0 Å². The molecule has 1 aliphatic rings. The molecule has 0 spiro atoms. The van der Waals surface area contributed by atoms with Gasteiger partial charge in [-0.25, -0.2) is 4.79 Å². The lowest BCUT2D eigenvalue weighted by Crippen LogP contribution is -2.54. The van der Waals surface area contributed by atoms with E-state index in [0.717, 1.165) is 0 Å². The number of nitrogens with zero attached hydrogens (tertiary/aromatic N) is 3. The van der Waals surface area contributed by atoms with Gasteiger partial charge in [-0.3, -0.25) is 4.57 Å². The Morgan fingerprint density at radius 1 is 1.00 bits per heavy atom. The predicted octanol–water partition coefficient (Wildman–Crippen LogP) is 0.622. The van der Waals surface area contributed by atoms with Gasteiger partial charge in [0.15, 0.2) is 17.9 Å². The van der Waals surface area contributed by atoms with Gasteiger partial charge in [-0.2, -0.15) is 26.3 Å². The standard InChI is InChI=1S/C16H18F3N3O6.C2HF3O2/c1-27-8-4-2-7(3-5-8)13-20-21-14(22(13)6-16(17,18)19)12-10(24)9(23)11(25)15(26)28-12;3-2(4,5)1(6)7/h2-5,9-12,15,23-26H,6H2,1H3;(H,6,7)/t9-,10-,11+,12?,15+;/m0./s1. The van der Waals surface area contributed by atoms with E-state index in [-0.39, 0.29) is 11.4 Å². The number of carboxylic acid groups (broad SMARTS) is 1. The number of aliphatic hydroxyl groups is 4. The normalized spacial score (nSPS) is 24.9. The Bertz CT molecular complexity index is 998. The number of alkyl halides is 6. The number of ether oxygens (including phenoxy) is 2. The summed E-state index contributed by atoms with van der Waals surface area (Å²) in [6, 6.07) is 6.01. The lowest BCUT2D eigenvalue weighted by molar-refractivity contribution is -0.286. The zero-order valence-electron chi connectivity index (χ0n) is 17.5. The van der Waals surface area contributed by atoms with Crippen molar-refractivity contribution < 1.29 is 66.1 Å². The van der Waals surface area contributed by atoms with Crippen molar-refractivity contribution in [2.45, 2.75) is 49.6 Å². The first-order chi connectivity index (χ1) is 16.1. The summed E-state index contributed by atoms with van der Waals surface area (Å²) in [4.78, 5) is 8.90. The average molecular weight is 519 g/mol. The van der Waals surface area contributed by atoms with E-state index in [4.69, 9.17) is 19.4 Å². The SMILES string of the molecule is COc1ccc(-c2nnc(C3O[C@@H](O)[C@H](O)[C@@H](O)[C@@H]3O)n2CC(F)(F)F)cc1.O=C(O)C(F)(F)F. The van der Waals surface area contributed by atoms with Gasteiger partial charge >= 0.3 is 18.3 Å².